The van der Waals surface area contributed by atoms with E-state index in [1.165, 1.54) is 127 Å². The molecule has 0 spiro atoms. The second-order valence-corrected chi connectivity index (χ2v) is 8.17. The average molecular weight is 358 g/mol. The highest BCUT2D eigenvalue weighted by molar-refractivity contribution is 5.22. The summed E-state index contributed by atoms with van der Waals surface area (Å²) in [5, 5.41) is 0. The van der Waals surface area contributed by atoms with Crippen LogP contribution in [0.2, 0.25) is 0 Å². The first-order valence-corrected chi connectivity index (χ1v) is 11.9. The molecule has 1 aromatic carbocycles. The first kappa shape index (κ1) is 23.3. The van der Waals surface area contributed by atoms with E-state index in [1.54, 1.807) is 0 Å². The molecule has 0 amide bonds. The van der Waals surface area contributed by atoms with Crippen molar-refractivity contribution in [3.63, 3.8) is 0 Å². The molecule has 0 aliphatic carbocycles. The van der Waals surface area contributed by atoms with Crippen LogP contribution in [-0.2, 0) is 12.8 Å². The van der Waals surface area contributed by atoms with Crippen molar-refractivity contribution in [1.29, 1.82) is 0 Å². The molecule has 1 aromatic rings. The van der Waals surface area contributed by atoms with Crippen LogP contribution in [0.3, 0.4) is 0 Å². The van der Waals surface area contributed by atoms with Gasteiger partial charge in [0, 0.05) is 0 Å². The van der Waals surface area contributed by atoms with E-state index in [9.17, 15) is 0 Å². The molecule has 0 heterocycles. The van der Waals surface area contributed by atoms with E-state index in [0.29, 0.717) is 0 Å². The Morgan fingerprint density at radius 2 is 1.04 bits per heavy atom. The predicted octanol–water partition coefficient (Wildman–Crippen LogP) is 8.85. The van der Waals surface area contributed by atoms with Gasteiger partial charge in [0.1, 0.15) is 0 Å². The molecule has 0 heteroatoms. The van der Waals surface area contributed by atoms with Crippen LogP contribution < -0.4 is 0 Å². The normalized spacial score (nSPS) is 11.2. The summed E-state index contributed by atoms with van der Waals surface area (Å²) in [6.45, 7) is 4.58. The lowest BCUT2D eigenvalue weighted by Gasteiger charge is -2.06. The first-order chi connectivity index (χ1) is 12.9. The zero-order chi connectivity index (χ0) is 18.7. The van der Waals surface area contributed by atoms with Gasteiger partial charge in [-0.1, -0.05) is 122 Å². The van der Waals surface area contributed by atoms with E-state index >= 15 is 0 Å². The summed E-state index contributed by atoms with van der Waals surface area (Å²) < 4.78 is 0. The fraction of sp³-hybridized carbons (Fsp3) is 0.769. The van der Waals surface area contributed by atoms with Crippen molar-refractivity contribution in [3.8, 4) is 0 Å². The van der Waals surface area contributed by atoms with Crippen LogP contribution in [0.25, 0.3) is 0 Å². The summed E-state index contributed by atoms with van der Waals surface area (Å²) in [6, 6.07) is 10.3. The molecule has 149 valence electrons. The van der Waals surface area contributed by atoms with Crippen molar-refractivity contribution < 1.29 is 0 Å². The minimum atomic E-state index is 1.22. The number of hydrogen-bond acceptors (Lipinski definition) is 0. The molecule has 26 heavy (non-hydrogen) atoms. The third-order valence-corrected chi connectivity index (χ3v) is 5.54. The van der Waals surface area contributed by atoms with Crippen LogP contribution in [0.1, 0.15) is 128 Å². The lowest BCUT2D eigenvalue weighted by molar-refractivity contribution is 0.574. The van der Waals surface area contributed by atoms with Gasteiger partial charge < -0.3 is 0 Å². The van der Waals surface area contributed by atoms with Crippen molar-refractivity contribution in [3.05, 3.63) is 35.4 Å². The van der Waals surface area contributed by atoms with Crippen LogP contribution >= 0.6 is 0 Å². The van der Waals surface area contributed by atoms with E-state index in [4.69, 9.17) is 0 Å². The maximum absolute atomic E-state index is 3.46. The van der Waals surface area contributed by atoms with Crippen LogP contribution in [0, 0.1) is 6.07 Å². The molecule has 0 fully saturated rings. The molecule has 0 unspecified atom stereocenters. The number of rotatable bonds is 18. The largest absolute Gasteiger partial charge is 0.0654 e. The molecule has 0 N–H and O–H groups in total. The standard InChI is InChI=1S/C26H45/c1-3-5-7-9-11-13-15-17-20-25-22-19-23-26(24-25)21-18-16-14-12-10-8-6-4-2/h19,22,24H,3-18,20-21H2,1-2H3. The lowest BCUT2D eigenvalue weighted by atomic mass is 10.00. The number of hydrogen-bond donors (Lipinski definition) is 0. The van der Waals surface area contributed by atoms with Crippen LogP contribution in [-0.4, -0.2) is 0 Å². The van der Waals surface area contributed by atoms with E-state index in [-0.39, 0.29) is 0 Å². The Balaban J connectivity index is 2.03. The topological polar surface area (TPSA) is 0 Å². The SMILES string of the molecule is CCCCCCCCCCc1[c]ccc(CCCCCCCCCC)c1. The van der Waals surface area contributed by atoms with E-state index in [1.807, 2.05) is 0 Å². The van der Waals surface area contributed by atoms with Crippen molar-refractivity contribution in [2.24, 2.45) is 0 Å². The highest BCUT2D eigenvalue weighted by Gasteiger charge is 1.99. The van der Waals surface area contributed by atoms with Gasteiger partial charge in [-0.2, -0.15) is 0 Å². The molecule has 0 nitrogen and oxygen atoms in total. The second kappa shape index (κ2) is 17.6. The summed E-state index contributed by atoms with van der Waals surface area (Å²) in [5.41, 5.74) is 2.97. The Kier molecular flexibility index (Phi) is 15.8. The minimum absolute atomic E-state index is 1.22. The molecule has 0 saturated heterocycles. The maximum atomic E-state index is 3.46. The Labute approximate surface area is 165 Å². The molecule has 0 aliphatic rings. The summed E-state index contributed by atoms with van der Waals surface area (Å²) >= 11 is 0. The van der Waals surface area contributed by atoms with Gasteiger partial charge in [-0.25, -0.2) is 0 Å². The summed E-state index contributed by atoms with van der Waals surface area (Å²) in [6.07, 6.45) is 25.0. The number of unbranched alkanes of at least 4 members (excludes halogenated alkanes) is 14. The molecule has 0 bridgehead atoms. The van der Waals surface area contributed by atoms with Crippen molar-refractivity contribution in [2.75, 3.05) is 0 Å². The molecular weight excluding hydrogens is 312 g/mol. The Hall–Kier alpha value is -0.780. The lowest BCUT2D eigenvalue weighted by Crippen LogP contribution is -1.91. The summed E-state index contributed by atoms with van der Waals surface area (Å²) in [7, 11) is 0. The van der Waals surface area contributed by atoms with E-state index in [2.05, 4.69) is 38.1 Å². The zero-order valence-electron chi connectivity index (χ0n) is 18.0. The Morgan fingerprint density at radius 3 is 1.58 bits per heavy atom. The number of benzene rings is 1. The van der Waals surface area contributed by atoms with Gasteiger partial charge in [0.05, 0.1) is 0 Å². The predicted molar refractivity (Wildman–Crippen MR) is 118 cm³/mol. The van der Waals surface area contributed by atoms with Gasteiger partial charge in [-0.05, 0) is 42.9 Å². The van der Waals surface area contributed by atoms with Gasteiger partial charge in [-0.15, -0.1) is 0 Å². The van der Waals surface area contributed by atoms with Gasteiger partial charge in [0.2, 0.25) is 0 Å². The molecule has 0 atom stereocenters. The van der Waals surface area contributed by atoms with Gasteiger partial charge in [0.15, 0.2) is 0 Å². The summed E-state index contributed by atoms with van der Waals surface area (Å²) in [5.74, 6) is 0. The second-order valence-electron chi connectivity index (χ2n) is 8.17. The highest BCUT2D eigenvalue weighted by Crippen LogP contribution is 2.15. The molecule has 1 rings (SSSR count). The van der Waals surface area contributed by atoms with Crippen molar-refractivity contribution >= 4 is 0 Å². The van der Waals surface area contributed by atoms with Crippen LogP contribution in [0.15, 0.2) is 18.2 Å². The van der Waals surface area contributed by atoms with E-state index in [0.717, 1.165) is 0 Å². The van der Waals surface area contributed by atoms with Crippen LogP contribution in [0.5, 0.6) is 0 Å². The van der Waals surface area contributed by atoms with Gasteiger partial charge in [0.25, 0.3) is 0 Å². The van der Waals surface area contributed by atoms with Gasteiger partial charge in [-0.3, -0.25) is 0 Å². The average Bonchev–Trinajstić information content (AvgIpc) is 2.66. The quantitative estimate of drug-likeness (QED) is 0.230. The molecular formula is C26H45. The maximum Gasteiger partial charge on any atom is -0.0149 e. The smallest absolute Gasteiger partial charge is 0.0149 e. The van der Waals surface area contributed by atoms with E-state index < -0.39 is 0 Å². The number of aryl methyl sites for hydroxylation is 2. The highest BCUT2D eigenvalue weighted by atomic mass is 14.0. The Bertz CT molecular complexity index is 371. The molecule has 0 saturated carbocycles. The Morgan fingerprint density at radius 1 is 0.577 bits per heavy atom. The van der Waals surface area contributed by atoms with Crippen molar-refractivity contribution in [1.82, 2.24) is 0 Å². The van der Waals surface area contributed by atoms with Crippen molar-refractivity contribution in [2.45, 2.75) is 129 Å². The molecule has 0 aliphatic heterocycles. The van der Waals surface area contributed by atoms with Gasteiger partial charge >= 0.3 is 0 Å². The third kappa shape index (κ3) is 13.4. The van der Waals surface area contributed by atoms with Crippen LogP contribution in [0.4, 0.5) is 0 Å². The summed E-state index contributed by atoms with van der Waals surface area (Å²) in [4.78, 5) is 0. The fourth-order valence-electron chi connectivity index (χ4n) is 3.78. The molecule has 1 radical (unpaired) electrons. The molecule has 0 aromatic heterocycles. The minimum Gasteiger partial charge on any atom is -0.0654 e. The fourth-order valence-corrected chi connectivity index (χ4v) is 3.78. The monoisotopic (exact) mass is 357 g/mol. The first-order valence-electron chi connectivity index (χ1n) is 11.9. The zero-order valence-corrected chi connectivity index (χ0v) is 18.0. The third-order valence-electron chi connectivity index (χ3n) is 5.54.